The molecule has 1 amide bonds. The number of rotatable bonds is 5. The van der Waals surface area contributed by atoms with Crippen molar-refractivity contribution in [3.05, 3.63) is 59.7 Å². The van der Waals surface area contributed by atoms with Gasteiger partial charge in [-0.05, 0) is 54.6 Å². The second kappa shape index (κ2) is 7.50. The molecule has 0 saturated carbocycles. The van der Waals surface area contributed by atoms with E-state index in [0.717, 1.165) is 22.3 Å². The van der Waals surface area contributed by atoms with E-state index in [1.165, 1.54) is 5.56 Å². The molecule has 0 atom stereocenters. The van der Waals surface area contributed by atoms with E-state index in [-0.39, 0.29) is 5.91 Å². The molecule has 0 aliphatic carbocycles. The molecule has 20 heavy (non-hydrogen) atoms. The minimum absolute atomic E-state index is 0.0779. The Morgan fingerprint density at radius 1 is 1.10 bits per heavy atom. The highest BCUT2D eigenvalue weighted by Crippen LogP contribution is 2.16. The molecule has 0 saturated heterocycles. The number of benzene rings is 2. The molecule has 2 aromatic rings. The number of carbonyl (C=O) groups excluding carboxylic acids is 1. The Morgan fingerprint density at radius 2 is 1.75 bits per heavy atom. The third-order valence-electron chi connectivity index (χ3n) is 2.95. The Morgan fingerprint density at radius 3 is 2.30 bits per heavy atom. The summed E-state index contributed by atoms with van der Waals surface area (Å²) in [6, 6.07) is 15.6. The van der Waals surface area contributed by atoms with Crippen LogP contribution >= 0.6 is 27.7 Å². The molecule has 0 radical (unpaired) electrons. The summed E-state index contributed by atoms with van der Waals surface area (Å²) in [5, 5.41) is 3.85. The minimum atomic E-state index is -0.0779. The van der Waals surface area contributed by atoms with E-state index in [9.17, 15) is 4.79 Å². The van der Waals surface area contributed by atoms with E-state index in [1.54, 1.807) is 11.8 Å². The van der Waals surface area contributed by atoms with Crippen molar-refractivity contribution >= 4 is 39.3 Å². The number of hydrogen-bond acceptors (Lipinski definition) is 2. The molecule has 1 N–H and O–H groups in total. The van der Waals surface area contributed by atoms with Gasteiger partial charge in [0, 0.05) is 21.5 Å². The lowest BCUT2D eigenvalue weighted by Crippen LogP contribution is -2.11. The summed E-state index contributed by atoms with van der Waals surface area (Å²) in [5.74, 6) is -0.0779. The number of carbonyl (C=O) groups is 1. The first-order valence-corrected chi connectivity index (χ1v) is 8.68. The quantitative estimate of drug-likeness (QED) is 0.631. The van der Waals surface area contributed by atoms with E-state index in [0.29, 0.717) is 5.56 Å². The molecule has 0 aliphatic heterocycles. The number of halogens is 1. The Kier molecular flexibility index (Phi) is 5.68. The molecule has 0 fully saturated rings. The molecule has 0 unspecified atom stereocenters. The Bertz CT molecular complexity index is 566. The maximum atomic E-state index is 12.1. The summed E-state index contributed by atoms with van der Waals surface area (Å²) >= 11 is 5.08. The van der Waals surface area contributed by atoms with Crippen LogP contribution in [0.5, 0.6) is 0 Å². The van der Waals surface area contributed by atoms with Gasteiger partial charge in [0.05, 0.1) is 0 Å². The van der Waals surface area contributed by atoms with Gasteiger partial charge in [-0.1, -0.05) is 28.1 Å². The molecule has 104 valence electrons. The van der Waals surface area contributed by atoms with Gasteiger partial charge < -0.3 is 5.32 Å². The van der Waals surface area contributed by atoms with Gasteiger partial charge in [-0.15, -0.1) is 11.8 Å². The van der Waals surface area contributed by atoms with Gasteiger partial charge in [-0.25, -0.2) is 0 Å². The first kappa shape index (κ1) is 15.1. The van der Waals surface area contributed by atoms with Crippen molar-refractivity contribution in [2.75, 3.05) is 16.9 Å². The van der Waals surface area contributed by atoms with Crippen LogP contribution in [-0.2, 0) is 6.42 Å². The Labute approximate surface area is 132 Å². The molecule has 0 spiro atoms. The van der Waals surface area contributed by atoms with Crippen molar-refractivity contribution in [3.8, 4) is 0 Å². The zero-order valence-corrected chi connectivity index (χ0v) is 13.6. The molecule has 0 aromatic heterocycles. The Balaban J connectivity index is 2.02. The maximum absolute atomic E-state index is 12.1. The van der Waals surface area contributed by atoms with Crippen molar-refractivity contribution in [1.29, 1.82) is 0 Å². The van der Waals surface area contributed by atoms with E-state index in [4.69, 9.17) is 0 Å². The minimum Gasteiger partial charge on any atom is -0.322 e. The molecule has 0 aliphatic rings. The second-order valence-corrected chi connectivity index (χ2v) is 5.99. The summed E-state index contributed by atoms with van der Waals surface area (Å²) < 4.78 is 0. The van der Waals surface area contributed by atoms with Crippen LogP contribution in [0.3, 0.4) is 0 Å². The second-order valence-electron chi connectivity index (χ2n) is 4.32. The number of amides is 1. The lowest BCUT2D eigenvalue weighted by molar-refractivity contribution is 0.102. The van der Waals surface area contributed by atoms with E-state index in [2.05, 4.69) is 21.2 Å². The molecule has 2 rings (SSSR count). The SMILES string of the molecule is CSc1ccc(C(=O)Nc2ccc(CCBr)cc2)cc1. The number of anilines is 1. The largest absolute Gasteiger partial charge is 0.322 e. The van der Waals surface area contributed by atoms with Crippen LogP contribution in [0.25, 0.3) is 0 Å². The molecule has 4 heteroatoms. The number of aryl methyl sites for hydroxylation is 1. The summed E-state index contributed by atoms with van der Waals surface area (Å²) in [4.78, 5) is 13.3. The fraction of sp³-hybridized carbons (Fsp3) is 0.188. The summed E-state index contributed by atoms with van der Waals surface area (Å²) in [6.07, 6.45) is 3.01. The average Bonchev–Trinajstić information content (AvgIpc) is 2.49. The molecular weight excluding hydrogens is 334 g/mol. The van der Waals surface area contributed by atoms with Crippen LogP contribution in [0.1, 0.15) is 15.9 Å². The first-order chi connectivity index (χ1) is 9.72. The fourth-order valence-electron chi connectivity index (χ4n) is 1.81. The Hall–Kier alpha value is -1.26. The van der Waals surface area contributed by atoms with Gasteiger partial charge in [-0.3, -0.25) is 4.79 Å². The monoisotopic (exact) mass is 349 g/mol. The number of hydrogen-bond donors (Lipinski definition) is 1. The van der Waals surface area contributed by atoms with Crippen molar-refractivity contribution in [1.82, 2.24) is 0 Å². The fourth-order valence-corrected chi connectivity index (χ4v) is 2.68. The molecule has 2 nitrogen and oxygen atoms in total. The van der Waals surface area contributed by atoms with Crippen LogP contribution < -0.4 is 5.32 Å². The summed E-state index contributed by atoms with van der Waals surface area (Å²) in [7, 11) is 0. The van der Waals surface area contributed by atoms with Gasteiger partial charge in [0.15, 0.2) is 0 Å². The number of alkyl halides is 1. The third kappa shape index (κ3) is 4.12. The van der Waals surface area contributed by atoms with Crippen LogP contribution in [0.15, 0.2) is 53.4 Å². The van der Waals surface area contributed by atoms with Crippen LogP contribution in [0, 0.1) is 0 Å². The lowest BCUT2D eigenvalue weighted by Gasteiger charge is -2.07. The van der Waals surface area contributed by atoms with E-state index >= 15 is 0 Å². The van der Waals surface area contributed by atoms with E-state index in [1.807, 2.05) is 54.8 Å². The van der Waals surface area contributed by atoms with Crippen LogP contribution in [-0.4, -0.2) is 17.5 Å². The molecule has 0 heterocycles. The highest BCUT2D eigenvalue weighted by atomic mass is 79.9. The molecule has 2 aromatic carbocycles. The number of thioether (sulfide) groups is 1. The van der Waals surface area contributed by atoms with Gasteiger partial charge in [0.25, 0.3) is 5.91 Å². The maximum Gasteiger partial charge on any atom is 0.255 e. The first-order valence-electron chi connectivity index (χ1n) is 6.33. The van der Waals surface area contributed by atoms with Crippen molar-refractivity contribution in [2.45, 2.75) is 11.3 Å². The third-order valence-corrected chi connectivity index (χ3v) is 4.09. The molecule has 0 bridgehead atoms. The van der Waals surface area contributed by atoms with Crippen molar-refractivity contribution < 1.29 is 4.79 Å². The van der Waals surface area contributed by atoms with E-state index < -0.39 is 0 Å². The topological polar surface area (TPSA) is 29.1 Å². The summed E-state index contributed by atoms with van der Waals surface area (Å²) in [6.45, 7) is 0. The zero-order valence-electron chi connectivity index (χ0n) is 11.2. The van der Waals surface area contributed by atoms with Crippen LogP contribution in [0.2, 0.25) is 0 Å². The van der Waals surface area contributed by atoms with Gasteiger partial charge in [-0.2, -0.15) is 0 Å². The smallest absolute Gasteiger partial charge is 0.255 e. The van der Waals surface area contributed by atoms with Crippen LogP contribution in [0.4, 0.5) is 5.69 Å². The van der Waals surface area contributed by atoms with Gasteiger partial charge in [0.2, 0.25) is 0 Å². The lowest BCUT2D eigenvalue weighted by atomic mass is 10.1. The number of nitrogens with one attached hydrogen (secondary N) is 1. The van der Waals surface area contributed by atoms with Crippen molar-refractivity contribution in [3.63, 3.8) is 0 Å². The highest BCUT2D eigenvalue weighted by molar-refractivity contribution is 9.09. The predicted molar refractivity (Wildman–Crippen MR) is 90.1 cm³/mol. The highest BCUT2D eigenvalue weighted by Gasteiger charge is 2.05. The van der Waals surface area contributed by atoms with Gasteiger partial charge >= 0.3 is 0 Å². The summed E-state index contributed by atoms with van der Waals surface area (Å²) in [5.41, 5.74) is 2.75. The predicted octanol–water partition coefficient (Wildman–Crippen LogP) is 4.60. The van der Waals surface area contributed by atoms with Gasteiger partial charge in [0.1, 0.15) is 0 Å². The zero-order chi connectivity index (χ0) is 14.4. The van der Waals surface area contributed by atoms with Crippen molar-refractivity contribution in [2.24, 2.45) is 0 Å². The average molecular weight is 350 g/mol. The normalized spacial score (nSPS) is 10.3. The molecular formula is C16H16BrNOS. The standard InChI is InChI=1S/C16H16BrNOS/c1-20-15-8-4-13(5-9-15)16(19)18-14-6-2-12(3-7-14)10-11-17/h2-9H,10-11H2,1H3,(H,18,19).